The number of nitrogens with two attached hydrogens (primary N) is 6. The van der Waals surface area contributed by atoms with E-state index in [4.69, 9.17) is 34.4 Å². The molecule has 11 atom stereocenters. The molecule has 22 N–H and O–H groups in total. The van der Waals surface area contributed by atoms with Gasteiger partial charge in [0, 0.05) is 6.54 Å². The molecule has 10 amide bonds. The number of hydrogen-bond acceptors (Lipinski definition) is 15. The van der Waals surface area contributed by atoms with E-state index in [2.05, 4.69) is 52.8 Å². The number of carbonyl (C=O) groups excluding carboxylic acids is 10. The number of guanidine groups is 1. The van der Waals surface area contributed by atoms with Gasteiger partial charge in [-0.15, -0.1) is 0 Å². The van der Waals surface area contributed by atoms with Gasteiger partial charge in [0.2, 0.25) is 59.1 Å². The van der Waals surface area contributed by atoms with Crippen LogP contribution in [0.1, 0.15) is 147 Å². The standard InChI is InChI=1S/C52H100N16O11/c1-12-31(10)41(50(78)63-33(16-13-14-19-53)46(74)68-42(32(11)69)51(79)66-39(25-30(8)9)49(77)64-36(43(56)71)22-27(2)3)67-45(73)34(17-15-21-59-52(57)58)61-44(72)35(18-20-54)62-48(76)38(24-29(6)7)65-47(75)37(23-28(4)5)60-40(70)26-55/h27-39,41-42,69H,12-26,53-55H2,1-11H3,(H2,56,71)(H,60,70)(H,61,72)(H,62,76)(H,63,78)(H,64,77)(H,65,75)(H,66,79)(H,67,73)(H,68,74)(H4,57,58,59)/t31-,32+,33-,34-,35-,36-,37-,38-,39-,41-,42-/m0/s1. The van der Waals surface area contributed by atoms with Gasteiger partial charge in [0.25, 0.3) is 0 Å². The van der Waals surface area contributed by atoms with Gasteiger partial charge in [0.15, 0.2) is 5.96 Å². The maximum Gasteiger partial charge on any atom is 0.245 e. The minimum Gasteiger partial charge on any atom is -0.391 e. The first kappa shape index (κ1) is 72.8. The lowest BCUT2D eigenvalue weighted by molar-refractivity contribution is -0.137. The van der Waals surface area contributed by atoms with Gasteiger partial charge in [-0.1, -0.05) is 75.7 Å². The molecular weight excluding hydrogens is 1020 g/mol. The number of aliphatic hydroxyl groups excluding tert-OH is 1. The van der Waals surface area contributed by atoms with Gasteiger partial charge in [-0.05, 0) is 114 Å². The van der Waals surface area contributed by atoms with Gasteiger partial charge in [-0.2, -0.15) is 0 Å². The quantitative estimate of drug-likeness (QED) is 0.0165. The summed E-state index contributed by atoms with van der Waals surface area (Å²) in [6, 6.07) is -11.4. The van der Waals surface area contributed by atoms with Crippen LogP contribution in [0.4, 0.5) is 0 Å². The summed E-state index contributed by atoms with van der Waals surface area (Å²) >= 11 is 0. The van der Waals surface area contributed by atoms with Gasteiger partial charge in [0.1, 0.15) is 54.4 Å². The van der Waals surface area contributed by atoms with Crippen LogP contribution in [0.25, 0.3) is 0 Å². The van der Waals surface area contributed by atoms with Gasteiger partial charge in [0.05, 0.1) is 12.6 Å². The highest BCUT2D eigenvalue weighted by molar-refractivity contribution is 5.98. The monoisotopic (exact) mass is 1120 g/mol. The van der Waals surface area contributed by atoms with Gasteiger partial charge in [-0.3, -0.25) is 52.9 Å². The number of amides is 10. The van der Waals surface area contributed by atoms with E-state index in [0.29, 0.717) is 19.3 Å². The lowest BCUT2D eigenvalue weighted by Crippen LogP contribution is -2.62. The molecule has 0 heterocycles. The largest absolute Gasteiger partial charge is 0.391 e. The van der Waals surface area contributed by atoms with Crippen molar-refractivity contribution in [3.63, 3.8) is 0 Å². The van der Waals surface area contributed by atoms with Crippen molar-refractivity contribution < 1.29 is 53.1 Å². The highest BCUT2D eigenvalue weighted by atomic mass is 16.3. The van der Waals surface area contributed by atoms with Crippen LogP contribution in [-0.4, -0.2) is 157 Å². The van der Waals surface area contributed by atoms with Crippen molar-refractivity contribution in [2.45, 2.75) is 207 Å². The maximum absolute atomic E-state index is 14.4. The van der Waals surface area contributed by atoms with Crippen molar-refractivity contribution in [3.05, 3.63) is 0 Å². The lowest BCUT2D eigenvalue weighted by Gasteiger charge is -2.30. The molecule has 0 aliphatic carbocycles. The van der Waals surface area contributed by atoms with Crippen molar-refractivity contribution in [1.29, 1.82) is 0 Å². The van der Waals surface area contributed by atoms with E-state index in [0.717, 1.165) is 0 Å². The average molecular weight is 1130 g/mol. The van der Waals surface area contributed by atoms with Crippen molar-refractivity contribution in [3.8, 4) is 0 Å². The highest BCUT2D eigenvalue weighted by Crippen LogP contribution is 2.15. The van der Waals surface area contributed by atoms with Crippen molar-refractivity contribution >= 4 is 65.0 Å². The predicted octanol–water partition coefficient (Wildman–Crippen LogP) is -3.06. The second-order valence-electron chi connectivity index (χ2n) is 22.0. The van der Waals surface area contributed by atoms with E-state index in [1.165, 1.54) is 6.92 Å². The number of aliphatic imine (C=N–C) groups is 1. The van der Waals surface area contributed by atoms with Crippen LogP contribution in [0.2, 0.25) is 0 Å². The molecule has 0 saturated heterocycles. The summed E-state index contributed by atoms with van der Waals surface area (Å²) in [5.74, 6) is -8.69. The highest BCUT2D eigenvalue weighted by Gasteiger charge is 2.37. The molecule has 27 nitrogen and oxygen atoms in total. The fourth-order valence-electron chi connectivity index (χ4n) is 8.28. The SMILES string of the molecule is CC[C@H](C)[C@H](NC(=O)[C@H](CCCN=C(N)N)NC(=O)[C@H](CCN)NC(=O)[C@H](CC(C)C)NC(=O)[C@H](CC(C)C)NC(=O)CN)C(=O)N[C@@H](CCCCN)C(=O)N[C@H](C(=O)N[C@@H](CC(C)C)C(=O)N[C@@H](CC(C)C)C(N)=O)[C@@H](C)O. The van der Waals surface area contributed by atoms with Gasteiger partial charge < -0.3 is 87.4 Å². The third kappa shape index (κ3) is 29.6. The zero-order chi connectivity index (χ0) is 60.7. The van der Waals surface area contributed by atoms with Gasteiger partial charge in [-0.25, -0.2) is 0 Å². The summed E-state index contributed by atoms with van der Waals surface area (Å²) in [6.45, 7) is 19.2. The second kappa shape index (κ2) is 38.4. The van der Waals surface area contributed by atoms with Crippen molar-refractivity contribution in [2.24, 2.45) is 69.0 Å². The Balaban J connectivity index is 6.90. The Labute approximate surface area is 467 Å². The summed E-state index contributed by atoms with van der Waals surface area (Å²) in [4.78, 5) is 140. The molecule has 0 radical (unpaired) electrons. The van der Waals surface area contributed by atoms with Crippen LogP contribution in [0, 0.1) is 29.6 Å². The molecule has 0 saturated carbocycles. The average Bonchev–Trinajstić information content (AvgIpc) is 3.35. The van der Waals surface area contributed by atoms with Crippen LogP contribution >= 0.6 is 0 Å². The van der Waals surface area contributed by atoms with Crippen LogP contribution < -0.4 is 82.3 Å². The van der Waals surface area contributed by atoms with E-state index in [1.807, 2.05) is 55.4 Å². The first-order valence-electron chi connectivity index (χ1n) is 27.8. The Hall–Kier alpha value is -6.19. The molecule has 0 aliphatic rings. The first-order valence-corrected chi connectivity index (χ1v) is 27.8. The normalized spacial score (nSPS) is 15.6. The number of nitrogens with zero attached hydrogens (tertiary/aromatic N) is 1. The van der Waals surface area contributed by atoms with E-state index in [-0.39, 0.29) is 107 Å². The van der Waals surface area contributed by atoms with E-state index < -0.39 is 125 Å². The molecule has 79 heavy (non-hydrogen) atoms. The fourth-order valence-corrected chi connectivity index (χ4v) is 8.28. The molecule has 0 aromatic rings. The Bertz CT molecular complexity index is 1980. The van der Waals surface area contributed by atoms with E-state index in [9.17, 15) is 53.1 Å². The molecule has 0 fully saturated rings. The number of carbonyl (C=O) groups is 10. The Morgan fingerprint density at radius 3 is 1.18 bits per heavy atom. The Morgan fingerprint density at radius 1 is 0.418 bits per heavy atom. The summed E-state index contributed by atoms with van der Waals surface area (Å²) in [7, 11) is 0. The number of primary amides is 1. The summed E-state index contributed by atoms with van der Waals surface area (Å²) < 4.78 is 0. The third-order valence-electron chi connectivity index (χ3n) is 12.7. The summed E-state index contributed by atoms with van der Waals surface area (Å²) in [6.07, 6.45) is 0.352. The zero-order valence-electron chi connectivity index (χ0n) is 48.7. The Kier molecular flexibility index (Phi) is 35.4. The van der Waals surface area contributed by atoms with Crippen molar-refractivity contribution in [2.75, 3.05) is 26.2 Å². The molecule has 0 aromatic heterocycles. The first-order chi connectivity index (χ1) is 36.9. The van der Waals surface area contributed by atoms with E-state index in [1.54, 1.807) is 13.8 Å². The van der Waals surface area contributed by atoms with Crippen LogP contribution in [0.5, 0.6) is 0 Å². The minimum absolute atomic E-state index is 0.00530. The molecule has 0 aromatic carbocycles. The maximum atomic E-state index is 14.4. The smallest absolute Gasteiger partial charge is 0.245 e. The molecule has 27 heteroatoms. The molecule has 0 unspecified atom stereocenters. The minimum atomic E-state index is -1.63. The predicted molar refractivity (Wildman–Crippen MR) is 301 cm³/mol. The number of aliphatic hydroxyl groups is 1. The third-order valence-corrected chi connectivity index (χ3v) is 12.7. The Morgan fingerprint density at radius 2 is 0.772 bits per heavy atom. The summed E-state index contributed by atoms with van der Waals surface area (Å²) in [5, 5.41) is 34.6. The molecule has 0 rings (SSSR count). The number of unbranched alkanes of at least 4 members (excludes halogenated alkanes) is 1. The fraction of sp³-hybridized carbons (Fsp3) is 0.788. The summed E-state index contributed by atoms with van der Waals surface area (Å²) in [5.41, 5.74) is 33.8. The van der Waals surface area contributed by atoms with E-state index >= 15 is 0 Å². The lowest BCUT2D eigenvalue weighted by atomic mass is 9.96. The molecule has 0 bridgehead atoms. The number of rotatable bonds is 40. The van der Waals surface area contributed by atoms with Gasteiger partial charge >= 0.3 is 0 Å². The number of hydrogen-bond donors (Lipinski definition) is 16. The van der Waals surface area contributed by atoms with Crippen LogP contribution in [0.3, 0.4) is 0 Å². The van der Waals surface area contributed by atoms with Crippen molar-refractivity contribution in [1.82, 2.24) is 47.9 Å². The zero-order valence-corrected chi connectivity index (χ0v) is 48.7. The molecular formula is C52H100N16O11. The van der Waals surface area contributed by atoms with Crippen LogP contribution in [-0.2, 0) is 47.9 Å². The topological polar surface area (TPSA) is 468 Å². The molecule has 454 valence electrons. The molecule has 0 aliphatic heterocycles. The molecule has 0 spiro atoms. The number of nitrogens with one attached hydrogen (secondary N) is 9. The van der Waals surface area contributed by atoms with Crippen LogP contribution in [0.15, 0.2) is 4.99 Å². The second-order valence-corrected chi connectivity index (χ2v) is 22.0.